The monoisotopic (exact) mass is 358 g/mol. The summed E-state index contributed by atoms with van der Waals surface area (Å²) in [4.78, 5) is 14.4. The van der Waals surface area contributed by atoms with Crippen LogP contribution in [0.15, 0.2) is 23.1 Å². The standard InChI is InChI=1S/C16H23ClN2O3S/c1-11(2)15(16(20)19-8-4-5-9-19)18-23(21,22)13-7-6-12(3)14(17)10-13/h6-7,10-11,15,18H,4-5,8-9H2,1-3H3/t15-/m0/s1. The van der Waals surface area contributed by atoms with E-state index < -0.39 is 16.1 Å². The molecule has 1 aliphatic heterocycles. The van der Waals surface area contributed by atoms with Gasteiger partial charge in [0.25, 0.3) is 0 Å². The number of carbonyl (C=O) groups is 1. The zero-order chi connectivity index (χ0) is 17.2. The van der Waals surface area contributed by atoms with E-state index >= 15 is 0 Å². The van der Waals surface area contributed by atoms with Gasteiger partial charge in [0.2, 0.25) is 15.9 Å². The minimum Gasteiger partial charge on any atom is -0.341 e. The van der Waals surface area contributed by atoms with Crippen molar-refractivity contribution < 1.29 is 13.2 Å². The van der Waals surface area contributed by atoms with E-state index in [1.807, 2.05) is 13.8 Å². The summed E-state index contributed by atoms with van der Waals surface area (Å²) < 4.78 is 27.7. The van der Waals surface area contributed by atoms with Gasteiger partial charge in [0.15, 0.2) is 0 Å². The molecule has 0 saturated carbocycles. The highest BCUT2D eigenvalue weighted by molar-refractivity contribution is 7.89. The van der Waals surface area contributed by atoms with Crippen molar-refractivity contribution in [3.8, 4) is 0 Å². The van der Waals surface area contributed by atoms with E-state index in [0.29, 0.717) is 18.1 Å². The third-order valence-corrected chi connectivity index (χ3v) is 5.93. The molecule has 0 aromatic heterocycles. The van der Waals surface area contributed by atoms with Gasteiger partial charge in [-0.3, -0.25) is 4.79 Å². The minimum absolute atomic E-state index is 0.0768. The molecule has 0 unspecified atom stereocenters. The fourth-order valence-corrected chi connectivity index (χ4v) is 4.19. The van der Waals surface area contributed by atoms with Gasteiger partial charge in [-0.2, -0.15) is 4.72 Å². The lowest BCUT2D eigenvalue weighted by atomic mass is 10.0. The fourth-order valence-electron chi connectivity index (χ4n) is 2.58. The van der Waals surface area contributed by atoms with Crippen LogP contribution in [0.5, 0.6) is 0 Å². The summed E-state index contributed by atoms with van der Waals surface area (Å²) in [5.41, 5.74) is 0.805. The number of amides is 1. The zero-order valence-electron chi connectivity index (χ0n) is 13.7. The van der Waals surface area contributed by atoms with Gasteiger partial charge < -0.3 is 4.90 Å². The minimum atomic E-state index is -3.80. The van der Waals surface area contributed by atoms with E-state index in [-0.39, 0.29) is 16.7 Å². The van der Waals surface area contributed by atoms with Gasteiger partial charge in [-0.15, -0.1) is 0 Å². The molecule has 1 N–H and O–H groups in total. The molecule has 0 spiro atoms. The van der Waals surface area contributed by atoms with Crippen molar-refractivity contribution in [2.45, 2.75) is 44.6 Å². The van der Waals surface area contributed by atoms with E-state index in [2.05, 4.69) is 4.72 Å². The summed E-state index contributed by atoms with van der Waals surface area (Å²) in [5, 5.41) is 0.389. The Morgan fingerprint density at radius 2 is 1.87 bits per heavy atom. The molecule has 1 heterocycles. The lowest BCUT2D eigenvalue weighted by Gasteiger charge is -2.26. The molecule has 0 radical (unpaired) electrons. The van der Waals surface area contributed by atoms with Gasteiger partial charge in [0.1, 0.15) is 6.04 Å². The van der Waals surface area contributed by atoms with Crippen LogP contribution in [0.1, 0.15) is 32.3 Å². The van der Waals surface area contributed by atoms with Crippen molar-refractivity contribution in [2.24, 2.45) is 5.92 Å². The normalized spacial score (nSPS) is 16.8. The molecular weight excluding hydrogens is 336 g/mol. The van der Waals surface area contributed by atoms with Crippen molar-refractivity contribution in [1.82, 2.24) is 9.62 Å². The zero-order valence-corrected chi connectivity index (χ0v) is 15.2. The Bertz CT molecular complexity index is 683. The number of halogens is 1. The first-order valence-electron chi connectivity index (χ1n) is 7.79. The van der Waals surface area contributed by atoms with E-state index in [4.69, 9.17) is 11.6 Å². The molecule has 0 bridgehead atoms. The van der Waals surface area contributed by atoms with Crippen molar-refractivity contribution >= 4 is 27.5 Å². The molecule has 23 heavy (non-hydrogen) atoms. The first-order chi connectivity index (χ1) is 10.7. The van der Waals surface area contributed by atoms with Crippen LogP contribution in [-0.2, 0) is 14.8 Å². The number of aryl methyl sites for hydroxylation is 1. The number of hydrogen-bond acceptors (Lipinski definition) is 3. The highest BCUT2D eigenvalue weighted by atomic mass is 35.5. The predicted molar refractivity (Wildman–Crippen MR) is 91.0 cm³/mol. The first kappa shape index (κ1) is 18.2. The van der Waals surface area contributed by atoms with Crippen molar-refractivity contribution in [1.29, 1.82) is 0 Å². The smallest absolute Gasteiger partial charge is 0.241 e. The summed E-state index contributed by atoms with van der Waals surface area (Å²) in [5.74, 6) is -0.293. The summed E-state index contributed by atoms with van der Waals surface area (Å²) in [6.07, 6.45) is 1.94. The molecule has 7 heteroatoms. The molecule has 5 nitrogen and oxygen atoms in total. The average Bonchev–Trinajstić information content (AvgIpc) is 3.01. The Hall–Kier alpha value is -1.11. The third kappa shape index (κ3) is 4.25. The number of hydrogen-bond donors (Lipinski definition) is 1. The van der Waals surface area contributed by atoms with Crippen LogP contribution < -0.4 is 4.72 Å². The number of likely N-dealkylation sites (tertiary alicyclic amines) is 1. The summed E-state index contributed by atoms with van der Waals surface area (Å²) >= 11 is 6.02. The molecule has 1 saturated heterocycles. The molecule has 0 aliphatic carbocycles. The lowest BCUT2D eigenvalue weighted by molar-refractivity contribution is -0.132. The topological polar surface area (TPSA) is 66.5 Å². The fraction of sp³-hybridized carbons (Fsp3) is 0.562. The van der Waals surface area contributed by atoms with E-state index in [1.165, 1.54) is 12.1 Å². The maximum atomic E-state index is 12.6. The number of benzene rings is 1. The molecule has 2 rings (SSSR count). The number of nitrogens with zero attached hydrogens (tertiary/aromatic N) is 1. The van der Waals surface area contributed by atoms with Crippen LogP contribution in [0.25, 0.3) is 0 Å². The van der Waals surface area contributed by atoms with Gasteiger partial charge >= 0.3 is 0 Å². The van der Waals surface area contributed by atoms with Gasteiger partial charge in [-0.05, 0) is 43.4 Å². The molecule has 1 aromatic rings. The van der Waals surface area contributed by atoms with E-state index in [0.717, 1.165) is 18.4 Å². The van der Waals surface area contributed by atoms with Crippen LogP contribution >= 0.6 is 11.6 Å². The largest absolute Gasteiger partial charge is 0.341 e. The molecule has 1 atom stereocenters. The molecule has 1 fully saturated rings. The Labute approximate surface area is 143 Å². The third-order valence-electron chi connectivity index (χ3n) is 4.09. The highest BCUT2D eigenvalue weighted by Gasteiger charge is 2.32. The van der Waals surface area contributed by atoms with Crippen LogP contribution in [0.3, 0.4) is 0 Å². The second kappa shape index (κ2) is 7.20. The number of nitrogens with one attached hydrogen (secondary N) is 1. The summed E-state index contributed by atoms with van der Waals surface area (Å²) in [7, 11) is -3.80. The second-order valence-corrected chi connectivity index (χ2v) is 8.41. The Morgan fingerprint density at radius 3 is 2.39 bits per heavy atom. The first-order valence-corrected chi connectivity index (χ1v) is 9.66. The number of rotatable bonds is 5. The number of sulfonamides is 1. The van der Waals surface area contributed by atoms with Crippen molar-refractivity contribution in [3.05, 3.63) is 28.8 Å². The maximum absolute atomic E-state index is 12.6. The Balaban J connectivity index is 2.24. The molecule has 1 amide bonds. The Kier molecular flexibility index (Phi) is 5.70. The van der Waals surface area contributed by atoms with Crippen molar-refractivity contribution in [2.75, 3.05) is 13.1 Å². The van der Waals surface area contributed by atoms with Gasteiger partial charge in [-0.25, -0.2) is 8.42 Å². The summed E-state index contributed by atoms with van der Waals surface area (Å²) in [6, 6.07) is 3.81. The highest BCUT2D eigenvalue weighted by Crippen LogP contribution is 2.21. The van der Waals surface area contributed by atoms with Crippen molar-refractivity contribution in [3.63, 3.8) is 0 Å². The summed E-state index contributed by atoms with van der Waals surface area (Å²) in [6.45, 7) is 6.87. The molecule has 128 valence electrons. The van der Waals surface area contributed by atoms with E-state index in [9.17, 15) is 13.2 Å². The van der Waals surface area contributed by atoms with Crippen LogP contribution in [0, 0.1) is 12.8 Å². The quantitative estimate of drug-likeness (QED) is 0.879. The molecule has 1 aliphatic rings. The van der Waals surface area contributed by atoms with Crippen LogP contribution in [-0.4, -0.2) is 38.4 Å². The molecule has 1 aromatic carbocycles. The number of carbonyl (C=O) groups excluding carboxylic acids is 1. The average molecular weight is 359 g/mol. The van der Waals surface area contributed by atoms with Gasteiger partial charge in [0, 0.05) is 18.1 Å². The van der Waals surface area contributed by atoms with Gasteiger partial charge in [0.05, 0.1) is 4.90 Å². The Morgan fingerprint density at radius 1 is 1.26 bits per heavy atom. The second-order valence-electron chi connectivity index (χ2n) is 6.29. The van der Waals surface area contributed by atoms with Crippen LogP contribution in [0.4, 0.5) is 0 Å². The predicted octanol–water partition coefficient (Wildman–Crippen LogP) is 2.57. The van der Waals surface area contributed by atoms with Crippen LogP contribution in [0.2, 0.25) is 5.02 Å². The lowest BCUT2D eigenvalue weighted by Crippen LogP contribution is -2.50. The maximum Gasteiger partial charge on any atom is 0.241 e. The van der Waals surface area contributed by atoms with Gasteiger partial charge in [-0.1, -0.05) is 31.5 Å². The van der Waals surface area contributed by atoms with E-state index in [1.54, 1.807) is 17.9 Å². The molecular formula is C16H23ClN2O3S. The SMILES string of the molecule is Cc1ccc(S(=O)(=O)N[C@H](C(=O)N2CCCC2)C(C)C)cc1Cl.